The van der Waals surface area contributed by atoms with E-state index in [-0.39, 0.29) is 0 Å². The highest BCUT2D eigenvalue weighted by Gasteiger charge is 1.65. The monoisotopic (exact) mass is 99.1 g/mol. The Morgan fingerprint density at radius 2 is 2.29 bits per heavy atom. The summed E-state index contributed by atoms with van der Waals surface area (Å²) < 4.78 is 0. The van der Waals surface area contributed by atoms with Crippen LogP contribution in [0, 0.1) is 6.42 Å². The van der Waals surface area contributed by atoms with Crippen LogP contribution >= 0.6 is 0 Å². The van der Waals surface area contributed by atoms with Crippen LogP contribution in [0.15, 0.2) is 0 Å². The van der Waals surface area contributed by atoms with E-state index in [2.05, 4.69) is 13.3 Å². The molecule has 0 fully saturated rings. The maximum absolute atomic E-state index is 6.76. The van der Waals surface area contributed by atoms with Crippen molar-refractivity contribution in [2.24, 2.45) is 0 Å². The third kappa shape index (κ3) is 5.96. The van der Waals surface area contributed by atoms with Gasteiger partial charge in [0.05, 0.1) is 0 Å². The maximum Gasteiger partial charge on any atom is -0.0925 e. The lowest BCUT2D eigenvalue weighted by molar-refractivity contribution is 0.836. The highest BCUT2D eigenvalue weighted by atomic mass is 14.5. The van der Waals surface area contributed by atoms with Gasteiger partial charge in [0.15, 0.2) is 0 Å². The molecule has 0 aliphatic carbocycles. The zero-order chi connectivity index (χ0) is 5.54. The van der Waals surface area contributed by atoms with E-state index in [0.29, 0.717) is 6.54 Å². The second-order valence-corrected chi connectivity index (χ2v) is 1.59. The Bertz CT molecular complexity index is 23.4. The Morgan fingerprint density at radius 3 is 2.71 bits per heavy atom. The molecule has 0 unspecified atom stereocenters. The van der Waals surface area contributed by atoms with Crippen molar-refractivity contribution in [1.82, 2.24) is 0 Å². The molecular formula is C6H13N-2. The fourth-order valence-corrected chi connectivity index (χ4v) is 0.451. The van der Waals surface area contributed by atoms with Gasteiger partial charge in [-0.3, -0.25) is 0 Å². The molecule has 0 atom stereocenters. The summed E-state index contributed by atoms with van der Waals surface area (Å²) in [6.45, 7) is 2.71. The van der Waals surface area contributed by atoms with Gasteiger partial charge < -0.3 is 12.2 Å². The van der Waals surface area contributed by atoms with Gasteiger partial charge in [0.2, 0.25) is 0 Å². The molecule has 7 heavy (non-hydrogen) atoms. The van der Waals surface area contributed by atoms with Crippen molar-refractivity contribution in [3.05, 3.63) is 12.2 Å². The number of rotatable bonds is 4. The predicted octanol–water partition coefficient (Wildman–Crippen LogP) is 2.43. The smallest absolute Gasteiger partial charge is 0.0925 e. The van der Waals surface area contributed by atoms with Gasteiger partial charge in [-0.2, -0.15) is 19.4 Å². The molecule has 0 spiro atoms. The fraction of sp³-hybridized carbons (Fsp3) is 0.833. The van der Waals surface area contributed by atoms with Crippen LogP contribution in [0.3, 0.4) is 0 Å². The minimum atomic E-state index is 0.580. The molecule has 0 radical (unpaired) electrons. The van der Waals surface area contributed by atoms with Crippen LogP contribution in [0.1, 0.15) is 26.2 Å². The zero-order valence-electron chi connectivity index (χ0n) is 4.91. The molecule has 0 aliphatic heterocycles. The summed E-state index contributed by atoms with van der Waals surface area (Å²) in [6, 6.07) is 0. The molecule has 0 amide bonds. The lowest BCUT2D eigenvalue weighted by atomic mass is 10.2. The SMILES string of the molecule is CC[CH-]CCC[NH-]. The van der Waals surface area contributed by atoms with Crippen molar-refractivity contribution in [3.8, 4) is 0 Å². The summed E-state index contributed by atoms with van der Waals surface area (Å²) in [5, 5.41) is 0. The summed E-state index contributed by atoms with van der Waals surface area (Å²) in [4.78, 5) is 0. The second-order valence-electron chi connectivity index (χ2n) is 1.59. The summed E-state index contributed by atoms with van der Waals surface area (Å²) in [6.07, 6.45) is 5.53. The van der Waals surface area contributed by atoms with Crippen molar-refractivity contribution in [2.45, 2.75) is 26.2 Å². The summed E-state index contributed by atoms with van der Waals surface area (Å²) in [7, 11) is 0. The van der Waals surface area contributed by atoms with Crippen LogP contribution in [-0.2, 0) is 0 Å². The maximum atomic E-state index is 6.76. The molecule has 1 heteroatoms. The number of unbranched alkanes of at least 4 members (excludes halogenated alkanes) is 3. The normalized spacial score (nSPS) is 9.43. The largest absolute Gasteiger partial charge is 0.677 e. The predicted molar refractivity (Wildman–Crippen MR) is 33.0 cm³/mol. The molecule has 0 aliphatic rings. The molecule has 1 nitrogen and oxygen atoms in total. The highest BCUT2D eigenvalue weighted by molar-refractivity contribution is 4.63. The van der Waals surface area contributed by atoms with Gasteiger partial charge in [0, 0.05) is 0 Å². The van der Waals surface area contributed by atoms with Crippen LogP contribution in [0.25, 0.3) is 5.73 Å². The van der Waals surface area contributed by atoms with Gasteiger partial charge in [0.1, 0.15) is 0 Å². The van der Waals surface area contributed by atoms with Crippen molar-refractivity contribution in [3.63, 3.8) is 0 Å². The minimum absolute atomic E-state index is 0.580. The van der Waals surface area contributed by atoms with Crippen LogP contribution < -0.4 is 0 Å². The molecule has 0 heterocycles. The summed E-state index contributed by atoms with van der Waals surface area (Å²) in [5.74, 6) is 0. The molecular weight excluding hydrogens is 86.1 g/mol. The van der Waals surface area contributed by atoms with Crippen LogP contribution in [-0.4, -0.2) is 6.54 Å². The van der Waals surface area contributed by atoms with Crippen LogP contribution in [0.4, 0.5) is 0 Å². The van der Waals surface area contributed by atoms with E-state index in [4.69, 9.17) is 5.73 Å². The Balaban J connectivity index is 2.45. The van der Waals surface area contributed by atoms with Crippen molar-refractivity contribution in [2.75, 3.05) is 6.54 Å². The van der Waals surface area contributed by atoms with E-state index < -0.39 is 0 Å². The topological polar surface area (TPSA) is 23.8 Å². The third-order valence-electron chi connectivity index (χ3n) is 0.874. The molecule has 44 valence electrons. The van der Waals surface area contributed by atoms with E-state index in [0.717, 1.165) is 19.3 Å². The average Bonchev–Trinajstić information content (AvgIpc) is 1.69. The van der Waals surface area contributed by atoms with E-state index in [1.54, 1.807) is 0 Å². The first kappa shape index (κ1) is 6.96. The Hall–Kier alpha value is -0.0400. The minimum Gasteiger partial charge on any atom is -0.677 e. The third-order valence-corrected chi connectivity index (χ3v) is 0.874. The Labute approximate surface area is 45.9 Å². The first-order valence-electron chi connectivity index (χ1n) is 2.88. The van der Waals surface area contributed by atoms with Gasteiger partial charge in [-0.1, -0.05) is 13.3 Å². The fourth-order valence-electron chi connectivity index (χ4n) is 0.451. The van der Waals surface area contributed by atoms with Gasteiger partial charge >= 0.3 is 0 Å². The van der Waals surface area contributed by atoms with Crippen molar-refractivity contribution < 1.29 is 0 Å². The molecule has 0 bridgehead atoms. The Morgan fingerprint density at radius 1 is 1.57 bits per heavy atom. The molecule has 0 aromatic heterocycles. The summed E-state index contributed by atoms with van der Waals surface area (Å²) in [5.41, 5.74) is 6.76. The lowest BCUT2D eigenvalue weighted by Gasteiger charge is -2.06. The van der Waals surface area contributed by atoms with Crippen molar-refractivity contribution in [1.29, 1.82) is 0 Å². The van der Waals surface area contributed by atoms with Crippen LogP contribution in [0.5, 0.6) is 0 Å². The zero-order valence-corrected chi connectivity index (χ0v) is 4.91. The number of hydrogen-bond acceptors (Lipinski definition) is 0. The van der Waals surface area contributed by atoms with E-state index in [1.807, 2.05) is 0 Å². The molecule has 0 saturated carbocycles. The quantitative estimate of drug-likeness (QED) is 0.382. The van der Waals surface area contributed by atoms with Crippen molar-refractivity contribution >= 4 is 0 Å². The van der Waals surface area contributed by atoms with E-state index in [1.165, 1.54) is 0 Å². The van der Waals surface area contributed by atoms with Gasteiger partial charge in [-0.05, 0) is 0 Å². The lowest BCUT2D eigenvalue weighted by Crippen LogP contribution is -1.76. The molecule has 0 aromatic carbocycles. The number of hydrogen-bond donors (Lipinski definition) is 0. The second kappa shape index (κ2) is 5.96. The summed E-state index contributed by atoms with van der Waals surface area (Å²) >= 11 is 0. The first-order chi connectivity index (χ1) is 3.41. The standard InChI is InChI=1S/C6H13N/c1-2-3-4-5-6-7/h3,7H,2,4-6H2,1H3/q-2. The highest BCUT2D eigenvalue weighted by Crippen LogP contribution is 1.95. The van der Waals surface area contributed by atoms with Gasteiger partial charge in [-0.25, -0.2) is 0 Å². The Kier molecular flexibility index (Phi) is 5.93. The van der Waals surface area contributed by atoms with Gasteiger partial charge in [-0.15, -0.1) is 0 Å². The average molecular weight is 99.2 g/mol. The first-order valence-corrected chi connectivity index (χ1v) is 2.88. The van der Waals surface area contributed by atoms with E-state index in [9.17, 15) is 0 Å². The van der Waals surface area contributed by atoms with Gasteiger partial charge in [0.25, 0.3) is 0 Å². The molecule has 0 rings (SSSR count). The number of nitrogens with one attached hydrogen (secondary N) is 1. The van der Waals surface area contributed by atoms with Crippen LogP contribution in [0.2, 0.25) is 0 Å². The molecule has 1 N–H and O–H groups in total. The van der Waals surface area contributed by atoms with E-state index >= 15 is 0 Å². The molecule has 0 aromatic rings. The molecule has 0 saturated heterocycles.